The van der Waals surface area contributed by atoms with E-state index in [1.165, 1.54) is 30.2 Å². The molecule has 41 heavy (non-hydrogen) atoms. The number of rotatable bonds is 7. The number of hydrogen-bond acceptors (Lipinski definition) is 7. The standard InChI is InChI=1S/C28H22F3N3O7/c1-39-25-15(6-5-14-12-34(27(37)23(14)25)20-9-10-22(35)33-26(20)36)13-40-28(38)32-19-8-7-16(11-18(19)30)41-21-4-2-3-17(29)24(21)31/h2-8,11,20H,9-10,12-13H2,1H3,(H,32,38)(H,33,35,36). The first-order valence-electron chi connectivity index (χ1n) is 12.3. The van der Waals surface area contributed by atoms with Crippen LogP contribution in [0.4, 0.5) is 23.7 Å². The SMILES string of the molecule is COc1c(COC(=O)Nc2ccc(Oc3cccc(F)c3F)cc2F)ccc2c1C(=O)N(C1CCC(=O)NC1=O)C2. The molecule has 3 aromatic rings. The van der Waals surface area contributed by atoms with E-state index >= 15 is 0 Å². The summed E-state index contributed by atoms with van der Waals surface area (Å²) in [7, 11) is 1.34. The first kappa shape index (κ1) is 27.5. The minimum Gasteiger partial charge on any atom is -0.495 e. The third-order valence-corrected chi connectivity index (χ3v) is 6.61. The van der Waals surface area contributed by atoms with Gasteiger partial charge in [0.15, 0.2) is 17.4 Å². The minimum atomic E-state index is -1.23. The van der Waals surface area contributed by atoms with Crippen molar-refractivity contribution in [3.05, 3.63) is 82.7 Å². The zero-order valence-corrected chi connectivity index (χ0v) is 21.5. The summed E-state index contributed by atoms with van der Waals surface area (Å²) in [5.74, 6) is -5.09. The van der Waals surface area contributed by atoms with Crippen molar-refractivity contribution in [2.75, 3.05) is 12.4 Å². The van der Waals surface area contributed by atoms with Crippen LogP contribution in [0.5, 0.6) is 17.2 Å². The van der Waals surface area contributed by atoms with Gasteiger partial charge in [-0.2, -0.15) is 4.39 Å². The summed E-state index contributed by atoms with van der Waals surface area (Å²) >= 11 is 0. The number of piperidine rings is 1. The predicted octanol–water partition coefficient (Wildman–Crippen LogP) is 4.41. The van der Waals surface area contributed by atoms with E-state index in [0.29, 0.717) is 11.1 Å². The van der Waals surface area contributed by atoms with Gasteiger partial charge in [-0.1, -0.05) is 18.2 Å². The van der Waals surface area contributed by atoms with Crippen molar-refractivity contribution >= 4 is 29.5 Å². The average Bonchev–Trinajstić information content (AvgIpc) is 3.27. The lowest BCUT2D eigenvalue weighted by molar-refractivity contribution is -0.136. The van der Waals surface area contributed by atoms with Crippen molar-refractivity contribution < 1.29 is 46.6 Å². The molecule has 1 fully saturated rings. The molecule has 3 aromatic carbocycles. The van der Waals surface area contributed by atoms with Crippen LogP contribution in [0.1, 0.15) is 34.3 Å². The van der Waals surface area contributed by atoms with E-state index < -0.39 is 53.1 Å². The van der Waals surface area contributed by atoms with E-state index in [9.17, 15) is 32.3 Å². The lowest BCUT2D eigenvalue weighted by atomic mass is 10.0. The Balaban J connectivity index is 1.24. The topological polar surface area (TPSA) is 123 Å². The third-order valence-electron chi connectivity index (χ3n) is 6.61. The zero-order valence-electron chi connectivity index (χ0n) is 21.5. The van der Waals surface area contributed by atoms with Crippen LogP contribution in [0, 0.1) is 17.5 Å². The normalized spacial score (nSPS) is 16.2. The van der Waals surface area contributed by atoms with Gasteiger partial charge in [0.05, 0.1) is 18.4 Å². The van der Waals surface area contributed by atoms with E-state index in [4.69, 9.17) is 14.2 Å². The van der Waals surface area contributed by atoms with Gasteiger partial charge in [-0.05, 0) is 36.2 Å². The molecule has 1 saturated heterocycles. The Morgan fingerprint density at radius 3 is 2.61 bits per heavy atom. The van der Waals surface area contributed by atoms with Gasteiger partial charge in [-0.15, -0.1) is 0 Å². The molecule has 2 N–H and O–H groups in total. The van der Waals surface area contributed by atoms with Crippen LogP contribution in [0.3, 0.4) is 0 Å². The molecule has 0 aliphatic carbocycles. The second kappa shape index (κ2) is 11.2. The van der Waals surface area contributed by atoms with Crippen LogP contribution in [0.15, 0.2) is 48.5 Å². The molecule has 0 aromatic heterocycles. The molecule has 212 valence electrons. The van der Waals surface area contributed by atoms with E-state index in [-0.39, 0.29) is 48.7 Å². The van der Waals surface area contributed by atoms with Gasteiger partial charge in [0.2, 0.25) is 17.6 Å². The third kappa shape index (κ3) is 5.51. The Kier molecular flexibility index (Phi) is 7.51. The largest absolute Gasteiger partial charge is 0.495 e. The van der Waals surface area contributed by atoms with Gasteiger partial charge in [0.1, 0.15) is 24.1 Å². The molecule has 0 spiro atoms. The molecule has 1 unspecified atom stereocenters. The van der Waals surface area contributed by atoms with Crippen LogP contribution < -0.4 is 20.1 Å². The quantitative estimate of drug-likeness (QED) is 0.404. The Hall–Kier alpha value is -5.07. The molecule has 0 bridgehead atoms. The molecule has 2 aliphatic rings. The smallest absolute Gasteiger partial charge is 0.412 e. The Morgan fingerprint density at radius 2 is 1.88 bits per heavy atom. The highest BCUT2D eigenvalue weighted by Crippen LogP contribution is 2.36. The number of methoxy groups -OCH3 is 1. The second-order valence-corrected chi connectivity index (χ2v) is 9.19. The van der Waals surface area contributed by atoms with Crippen molar-refractivity contribution in [1.82, 2.24) is 10.2 Å². The number of imide groups is 1. The highest BCUT2D eigenvalue weighted by Gasteiger charge is 2.41. The summed E-state index contributed by atoms with van der Waals surface area (Å²) in [5, 5.41) is 4.47. The van der Waals surface area contributed by atoms with E-state index in [1.54, 1.807) is 12.1 Å². The van der Waals surface area contributed by atoms with Gasteiger partial charge < -0.3 is 19.1 Å². The average molecular weight is 569 g/mol. The molecule has 1 atom stereocenters. The summed E-state index contributed by atoms with van der Waals surface area (Å²) in [6.45, 7) is -0.196. The second-order valence-electron chi connectivity index (χ2n) is 9.19. The van der Waals surface area contributed by atoms with Crippen molar-refractivity contribution in [2.45, 2.75) is 32.0 Å². The highest BCUT2D eigenvalue weighted by atomic mass is 19.2. The lowest BCUT2D eigenvalue weighted by Crippen LogP contribution is -2.52. The van der Waals surface area contributed by atoms with Crippen LogP contribution in [0.25, 0.3) is 0 Å². The lowest BCUT2D eigenvalue weighted by Gasteiger charge is -2.29. The Bertz CT molecular complexity index is 1580. The molecule has 4 amide bonds. The first-order valence-corrected chi connectivity index (χ1v) is 12.3. The van der Waals surface area contributed by atoms with Gasteiger partial charge >= 0.3 is 6.09 Å². The van der Waals surface area contributed by atoms with Crippen LogP contribution in [-0.4, -0.2) is 41.9 Å². The van der Waals surface area contributed by atoms with Crippen molar-refractivity contribution in [1.29, 1.82) is 0 Å². The van der Waals surface area contributed by atoms with Gasteiger partial charge in [0.25, 0.3) is 5.91 Å². The van der Waals surface area contributed by atoms with E-state index in [1.807, 2.05) is 0 Å². The summed E-state index contributed by atoms with van der Waals surface area (Å²) in [6, 6.07) is 9.04. The Labute approximate surface area is 231 Å². The summed E-state index contributed by atoms with van der Waals surface area (Å²) in [6.07, 6.45) is -0.703. The predicted molar refractivity (Wildman–Crippen MR) is 136 cm³/mol. The fourth-order valence-corrected chi connectivity index (χ4v) is 4.65. The number of benzene rings is 3. The first-order chi connectivity index (χ1) is 19.7. The summed E-state index contributed by atoms with van der Waals surface area (Å²) in [5.41, 5.74) is 0.904. The molecular formula is C28H22F3N3O7. The molecule has 0 saturated carbocycles. The summed E-state index contributed by atoms with van der Waals surface area (Å²) < 4.78 is 57.6. The molecule has 2 heterocycles. The maximum atomic E-state index is 14.6. The maximum absolute atomic E-state index is 14.6. The van der Waals surface area contributed by atoms with E-state index in [0.717, 1.165) is 18.2 Å². The van der Waals surface area contributed by atoms with Gasteiger partial charge in [-0.3, -0.25) is 25.0 Å². The molecular weight excluding hydrogens is 547 g/mol. The number of nitrogens with one attached hydrogen (secondary N) is 2. The molecule has 5 rings (SSSR count). The monoisotopic (exact) mass is 569 g/mol. The van der Waals surface area contributed by atoms with Crippen LogP contribution in [-0.2, 0) is 27.5 Å². The van der Waals surface area contributed by atoms with Crippen LogP contribution >= 0.6 is 0 Å². The van der Waals surface area contributed by atoms with Gasteiger partial charge in [0, 0.05) is 24.6 Å². The van der Waals surface area contributed by atoms with Crippen molar-refractivity contribution in [2.24, 2.45) is 0 Å². The molecule has 13 heteroatoms. The number of nitrogens with zero attached hydrogens (tertiary/aromatic N) is 1. The molecule has 2 aliphatic heterocycles. The number of carbonyl (C=O) groups is 4. The fraction of sp³-hybridized carbons (Fsp3) is 0.214. The number of amides is 4. The number of anilines is 1. The molecule has 0 radical (unpaired) electrons. The number of hydrogen-bond donors (Lipinski definition) is 2. The van der Waals surface area contributed by atoms with E-state index in [2.05, 4.69) is 10.6 Å². The van der Waals surface area contributed by atoms with Crippen LogP contribution in [0.2, 0.25) is 0 Å². The summed E-state index contributed by atoms with van der Waals surface area (Å²) in [4.78, 5) is 50.8. The molecule has 10 nitrogen and oxygen atoms in total. The number of carbonyl (C=O) groups excluding carboxylic acids is 4. The maximum Gasteiger partial charge on any atom is 0.412 e. The Morgan fingerprint density at radius 1 is 1.07 bits per heavy atom. The van der Waals surface area contributed by atoms with Crippen molar-refractivity contribution in [3.8, 4) is 17.2 Å². The number of fused-ring (bicyclic) bond motifs is 1. The number of halogens is 3. The van der Waals surface area contributed by atoms with Gasteiger partial charge in [-0.25, -0.2) is 13.6 Å². The minimum absolute atomic E-state index is 0.115. The van der Waals surface area contributed by atoms with Crippen molar-refractivity contribution in [3.63, 3.8) is 0 Å². The fourth-order valence-electron chi connectivity index (χ4n) is 4.65. The zero-order chi connectivity index (χ0) is 29.3. The highest BCUT2D eigenvalue weighted by molar-refractivity contribution is 6.06. The number of ether oxygens (including phenoxy) is 3.